The second-order valence-electron chi connectivity index (χ2n) is 4.82. The number of imidazole rings is 1. The number of fused-ring (bicyclic) bond motifs is 1. The maximum atomic E-state index is 5.75. The van der Waals surface area contributed by atoms with Crippen molar-refractivity contribution < 1.29 is 4.74 Å². The van der Waals surface area contributed by atoms with E-state index in [9.17, 15) is 0 Å². The maximum Gasteiger partial charge on any atom is 0.137 e. The van der Waals surface area contributed by atoms with Crippen molar-refractivity contribution in [2.75, 3.05) is 6.61 Å². The Bertz CT molecular complexity index is 670. The van der Waals surface area contributed by atoms with Crippen LogP contribution in [0.4, 0.5) is 0 Å². The van der Waals surface area contributed by atoms with Crippen molar-refractivity contribution in [1.82, 2.24) is 9.38 Å². The van der Waals surface area contributed by atoms with Gasteiger partial charge in [-0.25, -0.2) is 4.98 Å². The van der Waals surface area contributed by atoms with Crippen LogP contribution >= 0.6 is 0 Å². The third-order valence-electron chi connectivity index (χ3n) is 3.26. The van der Waals surface area contributed by atoms with Gasteiger partial charge in [0.1, 0.15) is 11.4 Å². The van der Waals surface area contributed by atoms with Gasteiger partial charge in [0.15, 0.2) is 0 Å². The molecule has 2 aromatic heterocycles. The van der Waals surface area contributed by atoms with Crippen LogP contribution in [-0.2, 0) is 0 Å². The van der Waals surface area contributed by atoms with Crippen LogP contribution in [0.25, 0.3) is 16.9 Å². The number of aromatic nitrogens is 2. The Morgan fingerprint density at radius 1 is 1.15 bits per heavy atom. The molecule has 1 aromatic carbocycles. The second-order valence-corrected chi connectivity index (χ2v) is 4.82. The van der Waals surface area contributed by atoms with E-state index in [0.717, 1.165) is 42.1 Å². The van der Waals surface area contributed by atoms with Crippen LogP contribution < -0.4 is 4.74 Å². The summed E-state index contributed by atoms with van der Waals surface area (Å²) in [6.07, 6.45) is 6.28. The lowest BCUT2D eigenvalue weighted by Gasteiger charge is -2.06. The smallest absolute Gasteiger partial charge is 0.137 e. The fourth-order valence-corrected chi connectivity index (χ4v) is 2.15. The Morgan fingerprint density at radius 2 is 2.10 bits per heavy atom. The van der Waals surface area contributed by atoms with Crippen LogP contribution in [-0.4, -0.2) is 16.0 Å². The molecule has 3 heteroatoms. The average Bonchev–Trinajstić information content (AvgIpc) is 2.92. The molecule has 102 valence electrons. The molecule has 0 N–H and O–H groups in total. The zero-order valence-corrected chi connectivity index (χ0v) is 11.6. The van der Waals surface area contributed by atoms with Gasteiger partial charge in [0.2, 0.25) is 0 Å². The summed E-state index contributed by atoms with van der Waals surface area (Å²) in [4.78, 5) is 4.63. The summed E-state index contributed by atoms with van der Waals surface area (Å²) in [5, 5.41) is 0. The highest BCUT2D eigenvalue weighted by Gasteiger charge is 2.05. The Labute approximate surface area is 118 Å². The lowest BCUT2D eigenvalue weighted by atomic mass is 10.1. The Balaban J connectivity index is 1.87. The van der Waals surface area contributed by atoms with Crippen LogP contribution in [0.15, 0.2) is 54.9 Å². The first-order chi connectivity index (χ1) is 9.86. The van der Waals surface area contributed by atoms with Crippen LogP contribution in [0, 0.1) is 0 Å². The first kappa shape index (κ1) is 12.7. The number of pyridine rings is 1. The van der Waals surface area contributed by atoms with E-state index in [-0.39, 0.29) is 0 Å². The number of ether oxygens (including phenoxy) is 1. The van der Waals surface area contributed by atoms with Gasteiger partial charge in [-0.1, -0.05) is 31.5 Å². The van der Waals surface area contributed by atoms with E-state index in [0.29, 0.717) is 0 Å². The number of nitrogens with zero attached hydrogens (tertiary/aromatic N) is 2. The van der Waals surface area contributed by atoms with Gasteiger partial charge in [-0.05, 0) is 30.7 Å². The predicted molar refractivity (Wildman–Crippen MR) is 81.0 cm³/mol. The van der Waals surface area contributed by atoms with Crippen molar-refractivity contribution in [3.05, 3.63) is 54.9 Å². The maximum absolute atomic E-state index is 5.75. The van der Waals surface area contributed by atoms with Gasteiger partial charge in [-0.2, -0.15) is 0 Å². The molecule has 0 aliphatic heterocycles. The zero-order valence-electron chi connectivity index (χ0n) is 11.6. The largest absolute Gasteiger partial charge is 0.494 e. The van der Waals surface area contributed by atoms with Gasteiger partial charge in [-0.15, -0.1) is 0 Å². The van der Waals surface area contributed by atoms with Crippen molar-refractivity contribution >= 4 is 5.65 Å². The lowest BCUT2D eigenvalue weighted by Crippen LogP contribution is -1.96. The monoisotopic (exact) mass is 266 g/mol. The number of hydrogen-bond acceptors (Lipinski definition) is 2. The molecule has 0 spiro atoms. The minimum absolute atomic E-state index is 0.769. The van der Waals surface area contributed by atoms with E-state index in [1.807, 2.05) is 47.1 Å². The minimum Gasteiger partial charge on any atom is -0.494 e. The number of rotatable bonds is 5. The summed E-state index contributed by atoms with van der Waals surface area (Å²) in [5.74, 6) is 0.910. The first-order valence-electron chi connectivity index (χ1n) is 7.04. The highest BCUT2D eigenvalue weighted by atomic mass is 16.5. The van der Waals surface area contributed by atoms with E-state index in [1.54, 1.807) is 0 Å². The third kappa shape index (κ3) is 2.67. The van der Waals surface area contributed by atoms with Crippen molar-refractivity contribution in [3.63, 3.8) is 0 Å². The van der Waals surface area contributed by atoms with E-state index in [4.69, 9.17) is 4.74 Å². The van der Waals surface area contributed by atoms with Gasteiger partial charge in [-0.3, -0.25) is 0 Å². The van der Waals surface area contributed by atoms with Crippen molar-refractivity contribution in [1.29, 1.82) is 0 Å². The topological polar surface area (TPSA) is 26.5 Å². The molecule has 0 radical (unpaired) electrons. The Morgan fingerprint density at radius 3 is 2.95 bits per heavy atom. The van der Waals surface area contributed by atoms with Gasteiger partial charge in [0.05, 0.1) is 12.3 Å². The Hall–Kier alpha value is -2.29. The lowest BCUT2D eigenvalue weighted by molar-refractivity contribution is 0.309. The molecule has 0 amide bonds. The molecule has 0 saturated carbocycles. The van der Waals surface area contributed by atoms with Gasteiger partial charge in [0.25, 0.3) is 0 Å². The molecular formula is C17H18N2O. The number of benzene rings is 1. The average molecular weight is 266 g/mol. The minimum atomic E-state index is 0.769. The highest BCUT2D eigenvalue weighted by molar-refractivity contribution is 5.64. The van der Waals surface area contributed by atoms with E-state index < -0.39 is 0 Å². The van der Waals surface area contributed by atoms with Crippen LogP contribution in [0.1, 0.15) is 19.8 Å². The highest BCUT2D eigenvalue weighted by Crippen LogP contribution is 2.23. The molecule has 0 saturated heterocycles. The number of hydrogen-bond donors (Lipinski definition) is 0. The van der Waals surface area contributed by atoms with E-state index in [1.165, 1.54) is 0 Å². The number of unbranched alkanes of at least 4 members (excludes halogenated alkanes) is 1. The molecule has 2 heterocycles. The predicted octanol–water partition coefficient (Wildman–Crippen LogP) is 4.18. The van der Waals surface area contributed by atoms with Crippen LogP contribution in [0.3, 0.4) is 0 Å². The molecule has 0 unspecified atom stereocenters. The van der Waals surface area contributed by atoms with Crippen molar-refractivity contribution in [3.8, 4) is 17.0 Å². The fourth-order valence-electron chi connectivity index (χ4n) is 2.15. The molecule has 3 rings (SSSR count). The molecule has 0 aliphatic carbocycles. The molecule has 0 fully saturated rings. The molecule has 3 aromatic rings. The molecule has 3 nitrogen and oxygen atoms in total. The zero-order chi connectivity index (χ0) is 13.8. The summed E-state index contributed by atoms with van der Waals surface area (Å²) < 4.78 is 7.78. The second kappa shape index (κ2) is 5.78. The Kier molecular flexibility index (Phi) is 3.68. The molecular weight excluding hydrogens is 248 g/mol. The fraction of sp³-hybridized carbons (Fsp3) is 0.235. The summed E-state index contributed by atoms with van der Waals surface area (Å²) in [5.41, 5.74) is 3.01. The SMILES string of the molecule is CCCCOc1cccc(-c2cn3ccccc3n2)c1. The summed E-state index contributed by atoms with van der Waals surface area (Å²) in [6, 6.07) is 14.1. The summed E-state index contributed by atoms with van der Waals surface area (Å²) in [7, 11) is 0. The first-order valence-corrected chi connectivity index (χ1v) is 7.04. The van der Waals surface area contributed by atoms with Crippen LogP contribution in [0.2, 0.25) is 0 Å². The molecule has 0 aliphatic rings. The normalized spacial score (nSPS) is 10.8. The van der Waals surface area contributed by atoms with Gasteiger partial charge >= 0.3 is 0 Å². The van der Waals surface area contributed by atoms with E-state index in [2.05, 4.69) is 24.0 Å². The van der Waals surface area contributed by atoms with E-state index >= 15 is 0 Å². The standard InChI is InChI=1S/C17H18N2O/c1-2-3-11-20-15-8-6-7-14(12-15)16-13-19-10-5-4-9-17(19)18-16/h4-10,12-13H,2-3,11H2,1H3. The summed E-state index contributed by atoms with van der Waals surface area (Å²) in [6.45, 7) is 2.93. The van der Waals surface area contributed by atoms with Gasteiger partial charge < -0.3 is 9.14 Å². The summed E-state index contributed by atoms with van der Waals surface area (Å²) >= 11 is 0. The molecule has 20 heavy (non-hydrogen) atoms. The quantitative estimate of drug-likeness (QED) is 0.648. The molecule has 0 atom stereocenters. The van der Waals surface area contributed by atoms with Crippen molar-refractivity contribution in [2.45, 2.75) is 19.8 Å². The molecule has 0 bridgehead atoms. The van der Waals surface area contributed by atoms with Gasteiger partial charge in [0, 0.05) is 18.0 Å². The van der Waals surface area contributed by atoms with Crippen LogP contribution in [0.5, 0.6) is 5.75 Å². The third-order valence-corrected chi connectivity index (χ3v) is 3.26. The van der Waals surface area contributed by atoms with Crippen molar-refractivity contribution in [2.24, 2.45) is 0 Å².